The molecule has 8 heteroatoms. The molecule has 2 aliphatic rings. The van der Waals surface area contributed by atoms with Crippen LogP contribution in [0.3, 0.4) is 0 Å². The van der Waals surface area contributed by atoms with Gasteiger partial charge in [0.1, 0.15) is 5.75 Å². The highest BCUT2D eigenvalue weighted by atomic mass is 32.2. The molecule has 0 unspecified atom stereocenters. The van der Waals surface area contributed by atoms with E-state index < -0.39 is 28.3 Å². The normalized spacial score (nSPS) is 22.5. The van der Waals surface area contributed by atoms with Crippen LogP contribution in [0.4, 0.5) is 5.69 Å². The van der Waals surface area contributed by atoms with Gasteiger partial charge in [-0.05, 0) is 46.6 Å². The minimum absolute atomic E-state index is 0.235. The fourth-order valence-electron chi connectivity index (χ4n) is 2.45. The zero-order valence-corrected chi connectivity index (χ0v) is 15.6. The zero-order valence-electron chi connectivity index (χ0n) is 14.8. The monoisotopic (exact) mass is 353 g/mol. The van der Waals surface area contributed by atoms with Crippen molar-refractivity contribution in [1.29, 1.82) is 0 Å². The molecule has 132 valence electrons. The molecular weight excluding hydrogens is 329 g/mol. The number of hydrogen-bond acceptors (Lipinski definition) is 5. The van der Waals surface area contributed by atoms with E-state index in [2.05, 4.69) is 4.72 Å². The number of anilines is 1. The van der Waals surface area contributed by atoms with E-state index in [9.17, 15) is 8.42 Å². The summed E-state index contributed by atoms with van der Waals surface area (Å²) >= 11 is 0. The smallest absolute Gasteiger partial charge is 0.490 e. The van der Waals surface area contributed by atoms with E-state index in [0.717, 1.165) is 19.1 Å². The van der Waals surface area contributed by atoms with Crippen LogP contribution in [0.5, 0.6) is 5.75 Å². The lowest BCUT2D eigenvalue weighted by molar-refractivity contribution is 0.00578. The summed E-state index contributed by atoms with van der Waals surface area (Å²) in [5, 5.41) is 0. The molecule has 1 aromatic rings. The van der Waals surface area contributed by atoms with Gasteiger partial charge in [-0.25, -0.2) is 8.42 Å². The summed E-state index contributed by atoms with van der Waals surface area (Å²) in [7, 11) is -4.08. The molecule has 1 heterocycles. The first-order valence-electron chi connectivity index (χ1n) is 8.11. The Kier molecular flexibility index (Phi) is 4.13. The summed E-state index contributed by atoms with van der Waals surface area (Å²) in [5.41, 5.74) is 0.0725. The van der Waals surface area contributed by atoms with E-state index in [4.69, 9.17) is 14.0 Å². The Balaban J connectivity index is 1.94. The Morgan fingerprint density at radius 1 is 1.17 bits per heavy atom. The molecule has 1 aromatic carbocycles. The zero-order chi connectivity index (χ0) is 17.8. The van der Waals surface area contributed by atoms with Crippen LogP contribution in [0, 0.1) is 0 Å². The second-order valence-electron chi connectivity index (χ2n) is 7.53. The number of rotatable bonds is 5. The molecule has 0 bridgehead atoms. The molecule has 1 saturated carbocycles. The minimum atomic E-state index is -3.43. The number of sulfonamides is 1. The fraction of sp³-hybridized carbons (Fsp3) is 0.625. The summed E-state index contributed by atoms with van der Waals surface area (Å²) in [6.07, 6.45) is 3.43. The number of benzene rings is 1. The molecule has 0 amide bonds. The van der Waals surface area contributed by atoms with E-state index in [-0.39, 0.29) is 6.10 Å². The molecular formula is C16H24BNO5S. The van der Waals surface area contributed by atoms with Crippen LogP contribution in [-0.4, -0.2) is 39.1 Å². The van der Waals surface area contributed by atoms with E-state index in [0.29, 0.717) is 16.9 Å². The molecule has 24 heavy (non-hydrogen) atoms. The molecule has 1 N–H and O–H groups in total. The van der Waals surface area contributed by atoms with Gasteiger partial charge in [-0.2, -0.15) is 0 Å². The van der Waals surface area contributed by atoms with Crippen molar-refractivity contribution in [3.05, 3.63) is 18.2 Å². The highest BCUT2D eigenvalue weighted by Crippen LogP contribution is 2.37. The van der Waals surface area contributed by atoms with Gasteiger partial charge in [-0.15, -0.1) is 0 Å². The summed E-state index contributed by atoms with van der Waals surface area (Å²) in [5.74, 6) is 0.643. The molecule has 2 fully saturated rings. The second-order valence-corrected chi connectivity index (χ2v) is 9.28. The fourth-order valence-corrected chi connectivity index (χ4v) is 3.03. The topological polar surface area (TPSA) is 73.9 Å². The molecule has 0 spiro atoms. The van der Waals surface area contributed by atoms with Gasteiger partial charge < -0.3 is 14.0 Å². The highest BCUT2D eigenvalue weighted by Gasteiger charge is 2.52. The molecule has 0 atom stereocenters. The van der Waals surface area contributed by atoms with E-state index in [1.807, 2.05) is 33.8 Å². The Hall–Kier alpha value is -1.25. The third-order valence-corrected chi connectivity index (χ3v) is 5.25. The van der Waals surface area contributed by atoms with E-state index in [1.54, 1.807) is 12.1 Å². The van der Waals surface area contributed by atoms with Crippen molar-refractivity contribution in [1.82, 2.24) is 0 Å². The maximum Gasteiger partial charge on any atom is 0.497 e. The molecule has 6 nitrogen and oxygen atoms in total. The predicted molar refractivity (Wildman–Crippen MR) is 94.3 cm³/mol. The average Bonchev–Trinajstić information content (AvgIpc) is 3.15. The maximum absolute atomic E-state index is 11.7. The van der Waals surface area contributed by atoms with Crippen LogP contribution in [0.2, 0.25) is 0 Å². The van der Waals surface area contributed by atoms with Crippen molar-refractivity contribution in [3.8, 4) is 5.75 Å². The number of hydrogen-bond donors (Lipinski definition) is 1. The Morgan fingerprint density at radius 3 is 2.25 bits per heavy atom. The molecule has 0 radical (unpaired) electrons. The van der Waals surface area contributed by atoms with Crippen molar-refractivity contribution >= 4 is 28.3 Å². The standard InChI is InChI=1S/C16H24BNO5S/c1-15(2)16(3,4)23-17(22-15)13-9-8-12(21-11-6-7-11)10-14(13)18-24(5,19)20/h8-11,18H,6-7H2,1-5H3. The van der Waals surface area contributed by atoms with Crippen molar-refractivity contribution in [3.63, 3.8) is 0 Å². The second kappa shape index (κ2) is 5.64. The van der Waals surface area contributed by atoms with Gasteiger partial charge in [0, 0.05) is 11.5 Å². The predicted octanol–water partition coefficient (Wildman–Crippen LogP) is 1.90. The first-order chi connectivity index (χ1) is 11.0. The number of nitrogens with one attached hydrogen (secondary N) is 1. The SMILES string of the molecule is CC1(C)OB(c2ccc(OC3CC3)cc2NS(C)(=O)=O)OC1(C)C. The third kappa shape index (κ3) is 3.71. The third-order valence-electron chi connectivity index (χ3n) is 4.65. The van der Waals surface area contributed by atoms with Gasteiger partial charge in [0.15, 0.2) is 0 Å². The Labute approximate surface area is 144 Å². The van der Waals surface area contributed by atoms with Crippen molar-refractivity contribution in [2.75, 3.05) is 11.0 Å². The summed E-state index contributed by atoms with van der Waals surface area (Å²) < 4.78 is 43.9. The molecule has 1 aliphatic carbocycles. The first kappa shape index (κ1) is 17.6. The minimum Gasteiger partial charge on any atom is -0.490 e. The van der Waals surface area contributed by atoms with Gasteiger partial charge in [-0.3, -0.25) is 4.72 Å². The van der Waals surface area contributed by atoms with Crippen LogP contribution in [0.15, 0.2) is 18.2 Å². The lowest BCUT2D eigenvalue weighted by Gasteiger charge is -2.32. The van der Waals surface area contributed by atoms with Gasteiger partial charge in [0.2, 0.25) is 10.0 Å². The largest absolute Gasteiger partial charge is 0.497 e. The quantitative estimate of drug-likeness (QED) is 0.819. The van der Waals surface area contributed by atoms with Gasteiger partial charge in [0.25, 0.3) is 0 Å². The Bertz CT molecular complexity index is 727. The summed E-state index contributed by atoms with van der Waals surface area (Å²) in [6, 6.07) is 5.32. The van der Waals surface area contributed by atoms with Crippen LogP contribution in [0.25, 0.3) is 0 Å². The van der Waals surface area contributed by atoms with Crippen LogP contribution < -0.4 is 14.9 Å². The van der Waals surface area contributed by atoms with Gasteiger partial charge in [0.05, 0.1) is 29.2 Å². The summed E-state index contributed by atoms with van der Waals surface area (Å²) in [6.45, 7) is 7.84. The van der Waals surface area contributed by atoms with Crippen molar-refractivity contribution < 1.29 is 22.5 Å². The van der Waals surface area contributed by atoms with Gasteiger partial charge >= 0.3 is 7.12 Å². The first-order valence-corrected chi connectivity index (χ1v) is 10.00. The van der Waals surface area contributed by atoms with Crippen LogP contribution in [-0.2, 0) is 19.3 Å². The molecule has 1 saturated heterocycles. The Morgan fingerprint density at radius 2 is 1.75 bits per heavy atom. The lowest BCUT2D eigenvalue weighted by atomic mass is 9.78. The summed E-state index contributed by atoms with van der Waals surface area (Å²) in [4.78, 5) is 0. The molecule has 0 aromatic heterocycles. The number of ether oxygens (including phenoxy) is 1. The van der Waals surface area contributed by atoms with Gasteiger partial charge in [-0.1, -0.05) is 6.07 Å². The maximum atomic E-state index is 11.7. The van der Waals surface area contributed by atoms with E-state index in [1.165, 1.54) is 0 Å². The van der Waals surface area contributed by atoms with Crippen LogP contribution >= 0.6 is 0 Å². The lowest BCUT2D eigenvalue weighted by Crippen LogP contribution is -2.41. The highest BCUT2D eigenvalue weighted by molar-refractivity contribution is 7.92. The van der Waals surface area contributed by atoms with E-state index >= 15 is 0 Å². The van der Waals surface area contributed by atoms with Crippen LogP contribution in [0.1, 0.15) is 40.5 Å². The molecule has 1 aliphatic heterocycles. The average molecular weight is 353 g/mol. The van der Waals surface area contributed by atoms with Crippen molar-refractivity contribution in [2.24, 2.45) is 0 Å². The molecule has 3 rings (SSSR count). The van der Waals surface area contributed by atoms with Crippen molar-refractivity contribution in [2.45, 2.75) is 57.8 Å².